The first-order valence-electron chi connectivity index (χ1n) is 4.19. The summed E-state index contributed by atoms with van der Waals surface area (Å²) in [7, 11) is 0. The Balaban J connectivity index is 0.00000144. The summed E-state index contributed by atoms with van der Waals surface area (Å²) in [6.45, 7) is 7.07. The van der Waals surface area contributed by atoms with Gasteiger partial charge in [0.05, 0.1) is 5.69 Å². The number of pyridine rings is 1. The summed E-state index contributed by atoms with van der Waals surface area (Å²) >= 11 is 0. The number of aromatic nitrogens is 1. The molecule has 0 aliphatic rings. The van der Waals surface area contributed by atoms with Crippen molar-refractivity contribution in [2.24, 2.45) is 5.73 Å². The maximum atomic E-state index is 5.50. The molecule has 0 aromatic carbocycles. The highest BCUT2D eigenvalue weighted by Gasteiger charge is 2.13. The fraction of sp³-hybridized carbons (Fsp3) is 0.500. The summed E-state index contributed by atoms with van der Waals surface area (Å²) in [5.41, 5.74) is 7.94. The molecule has 0 aliphatic heterocycles. The van der Waals surface area contributed by atoms with E-state index >= 15 is 0 Å². The lowest BCUT2D eigenvalue weighted by Crippen LogP contribution is -2.12. The van der Waals surface area contributed by atoms with Gasteiger partial charge in [0, 0.05) is 12.7 Å². The van der Waals surface area contributed by atoms with E-state index in [0.717, 1.165) is 5.69 Å². The predicted molar refractivity (Wildman–Crippen MR) is 58.1 cm³/mol. The molecule has 0 atom stereocenters. The van der Waals surface area contributed by atoms with Gasteiger partial charge in [-0.2, -0.15) is 0 Å². The summed E-state index contributed by atoms with van der Waals surface area (Å²) in [5.74, 6) is 0. The Morgan fingerprint density at radius 1 is 1.38 bits per heavy atom. The minimum atomic E-state index is 0. The molecule has 0 amide bonds. The molecule has 13 heavy (non-hydrogen) atoms. The smallest absolute Gasteiger partial charge is 0.0542 e. The average molecular weight is 201 g/mol. The van der Waals surface area contributed by atoms with E-state index in [1.807, 2.05) is 12.3 Å². The molecule has 2 nitrogen and oxygen atoms in total. The normalized spacial score (nSPS) is 10.8. The zero-order valence-corrected chi connectivity index (χ0v) is 9.19. The van der Waals surface area contributed by atoms with Crippen LogP contribution in [0, 0.1) is 0 Å². The van der Waals surface area contributed by atoms with Crippen LogP contribution in [0.1, 0.15) is 32.0 Å². The van der Waals surface area contributed by atoms with Crippen LogP contribution in [0.2, 0.25) is 0 Å². The second kappa shape index (κ2) is 4.58. The van der Waals surface area contributed by atoms with Gasteiger partial charge in [-0.25, -0.2) is 0 Å². The van der Waals surface area contributed by atoms with Gasteiger partial charge in [0.15, 0.2) is 0 Å². The Hall–Kier alpha value is -0.600. The van der Waals surface area contributed by atoms with Gasteiger partial charge in [0.2, 0.25) is 0 Å². The van der Waals surface area contributed by atoms with Crippen molar-refractivity contribution >= 4 is 12.4 Å². The molecule has 0 saturated heterocycles. The monoisotopic (exact) mass is 200 g/mol. The first kappa shape index (κ1) is 12.4. The van der Waals surface area contributed by atoms with Crippen LogP contribution in [0.15, 0.2) is 18.3 Å². The molecule has 74 valence electrons. The minimum Gasteiger partial charge on any atom is -0.325 e. The van der Waals surface area contributed by atoms with E-state index in [1.165, 1.54) is 5.56 Å². The molecule has 0 aliphatic carbocycles. The zero-order chi connectivity index (χ0) is 9.19. The van der Waals surface area contributed by atoms with Crippen LogP contribution in [0.4, 0.5) is 0 Å². The molecular weight excluding hydrogens is 184 g/mol. The van der Waals surface area contributed by atoms with Crippen LogP contribution < -0.4 is 5.73 Å². The molecule has 2 N–H and O–H groups in total. The quantitative estimate of drug-likeness (QED) is 0.756. The second-order valence-corrected chi connectivity index (χ2v) is 3.99. The van der Waals surface area contributed by atoms with Crippen LogP contribution in [0.25, 0.3) is 0 Å². The van der Waals surface area contributed by atoms with Crippen LogP contribution in [-0.4, -0.2) is 4.98 Å². The van der Waals surface area contributed by atoms with Crippen LogP contribution in [-0.2, 0) is 12.0 Å². The van der Waals surface area contributed by atoms with Gasteiger partial charge in [-0.15, -0.1) is 12.4 Å². The van der Waals surface area contributed by atoms with Crippen molar-refractivity contribution in [3.05, 3.63) is 29.6 Å². The topological polar surface area (TPSA) is 38.9 Å². The second-order valence-electron chi connectivity index (χ2n) is 3.99. The van der Waals surface area contributed by atoms with Crippen molar-refractivity contribution in [3.63, 3.8) is 0 Å². The number of hydrogen-bond donors (Lipinski definition) is 1. The lowest BCUT2D eigenvalue weighted by atomic mass is 9.87. The van der Waals surface area contributed by atoms with Gasteiger partial charge in [0.1, 0.15) is 0 Å². The number of halogens is 1. The Morgan fingerprint density at radius 3 is 2.46 bits per heavy atom. The fourth-order valence-corrected chi connectivity index (χ4v) is 1.06. The van der Waals surface area contributed by atoms with Crippen molar-refractivity contribution in [2.75, 3.05) is 0 Å². The summed E-state index contributed by atoms with van der Waals surface area (Å²) in [4.78, 5) is 4.15. The van der Waals surface area contributed by atoms with E-state index in [-0.39, 0.29) is 17.8 Å². The van der Waals surface area contributed by atoms with E-state index in [1.54, 1.807) is 0 Å². The van der Waals surface area contributed by atoms with Crippen LogP contribution >= 0.6 is 12.4 Å². The highest BCUT2D eigenvalue weighted by atomic mass is 35.5. The van der Waals surface area contributed by atoms with Gasteiger partial charge in [-0.05, 0) is 23.1 Å². The summed E-state index contributed by atoms with van der Waals surface area (Å²) in [5, 5.41) is 0. The molecule has 0 unspecified atom stereocenters. The molecule has 1 heterocycles. The molecule has 1 aromatic rings. The molecule has 3 heteroatoms. The van der Waals surface area contributed by atoms with E-state index in [9.17, 15) is 0 Å². The van der Waals surface area contributed by atoms with Gasteiger partial charge >= 0.3 is 0 Å². The summed E-state index contributed by atoms with van der Waals surface area (Å²) in [6.07, 6.45) is 1.82. The maximum absolute atomic E-state index is 5.50. The summed E-state index contributed by atoms with van der Waals surface area (Å²) < 4.78 is 0. The van der Waals surface area contributed by atoms with Crippen LogP contribution in [0.3, 0.4) is 0 Å². The number of rotatable bonds is 1. The Bertz CT molecular complexity index is 266. The largest absolute Gasteiger partial charge is 0.325 e. The van der Waals surface area contributed by atoms with E-state index in [4.69, 9.17) is 5.73 Å². The van der Waals surface area contributed by atoms with Crippen molar-refractivity contribution in [1.29, 1.82) is 0 Å². The number of hydrogen-bond acceptors (Lipinski definition) is 2. The summed E-state index contributed by atoms with van der Waals surface area (Å²) in [6, 6.07) is 4.11. The standard InChI is InChI=1S/C10H16N2.ClH/c1-10(2,3)8-4-5-12-9(6-8)7-11;/h4-6H,7,11H2,1-3H3;1H. The van der Waals surface area contributed by atoms with E-state index in [0.29, 0.717) is 6.54 Å². The molecule has 0 radical (unpaired) electrons. The average Bonchev–Trinajstić information content (AvgIpc) is 2.03. The first-order valence-corrected chi connectivity index (χ1v) is 4.19. The highest BCUT2D eigenvalue weighted by Crippen LogP contribution is 2.21. The first-order chi connectivity index (χ1) is 5.54. The molecular formula is C10H17ClN2. The zero-order valence-electron chi connectivity index (χ0n) is 8.37. The number of nitrogens with zero attached hydrogens (tertiary/aromatic N) is 1. The minimum absolute atomic E-state index is 0. The Kier molecular flexibility index (Phi) is 4.37. The highest BCUT2D eigenvalue weighted by molar-refractivity contribution is 5.85. The molecule has 1 rings (SSSR count). The van der Waals surface area contributed by atoms with Crippen LogP contribution in [0.5, 0.6) is 0 Å². The van der Waals surface area contributed by atoms with E-state index in [2.05, 4.69) is 31.8 Å². The van der Waals surface area contributed by atoms with Gasteiger partial charge in [-0.3, -0.25) is 4.98 Å². The maximum Gasteiger partial charge on any atom is 0.0542 e. The third kappa shape index (κ3) is 3.33. The fourth-order valence-electron chi connectivity index (χ4n) is 1.06. The van der Waals surface area contributed by atoms with Gasteiger partial charge in [-0.1, -0.05) is 20.8 Å². The molecule has 1 aromatic heterocycles. The van der Waals surface area contributed by atoms with Gasteiger partial charge in [0.25, 0.3) is 0 Å². The molecule has 0 bridgehead atoms. The molecule has 0 spiro atoms. The molecule has 0 fully saturated rings. The third-order valence-corrected chi connectivity index (χ3v) is 1.89. The Labute approximate surface area is 86.0 Å². The lowest BCUT2D eigenvalue weighted by Gasteiger charge is -2.18. The van der Waals surface area contributed by atoms with E-state index < -0.39 is 0 Å². The lowest BCUT2D eigenvalue weighted by molar-refractivity contribution is 0.588. The van der Waals surface area contributed by atoms with Crippen molar-refractivity contribution in [1.82, 2.24) is 4.98 Å². The third-order valence-electron chi connectivity index (χ3n) is 1.89. The van der Waals surface area contributed by atoms with Crippen molar-refractivity contribution in [2.45, 2.75) is 32.7 Å². The van der Waals surface area contributed by atoms with Gasteiger partial charge < -0.3 is 5.73 Å². The molecule has 0 saturated carbocycles. The Morgan fingerprint density at radius 2 is 2.00 bits per heavy atom. The SMILES string of the molecule is CC(C)(C)c1ccnc(CN)c1.Cl. The predicted octanol–water partition coefficient (Wildman–Crippen LogP) is 2.26. The van der Waals surface area contributed by atoms with Crippen molar-refractivity contribution < 1.29 is 0 Å². The number of nitrogens with two attached hydrogens (primary N) is 1. The van der Waals surface area contributed by atoms with Crippen molar-refractivity contribution in [3.8, 4) is 0 Å².